The van der Waals surface area contributed by atoms with Crippen molar-refractivity contribution >= 4 is 11.6 Å². The van der Waals surface area contributed by atoms with E-state index in [-0.39, 0.29) is 16.1 Å². The summed E-state index contributed by atoms with van der Waals surface area (Å²) in [7, 11) is 0. The topological polar surface area (TPSA) is 50.9 Å². The SMILES string of the molecule is NNC(c1ccncc1F)c1cccc(Cl)c1F. The summed E-state index contributed by atoms with van der Waals surface area (Å²) in [5, 5.41) is -0.0396. The molecule has 2 aromatic rings. The van der Waals surface area contributed by atoms with Gasteiger partial charge in [0, 0.05) is 17.3 Å². The van der Waals surface area contributed by atoms with Crippen LogP contribution in [0.5, 0.6) is 0 Å². The number of aromatic nitrogens is 1. The summed E-state index contributed by atoms with van der Waals surface area (Å²) >= 11 is 5.69. The average molecular weight is 270 g/mol. The van der Waals surface area contributed by atoms with Gasteiger partial charge in [-0.1, -0.05) is 23.7 Å². The van der Waals surface area contributed by atoms with E-state index in [9.17, 15) is 8.78 Å². The van der Waals surface area contributed by atoms with E-state index in [1.54, 1.807) is 6.07 Å². The fourth-order valence-corrected chi connectivity index (χ4v) is 1.89. The number of hydrogen-bond donors (Lipinski definition) is 2. The summed E-state index contributed by atoms with van der Waals surface area (Å²) in [5.41, 5.74) is 2.76. The second-order valence-electron chi connectivity index (χ2n) is 3.64. The van der Waals surface area contributed by atoms with Gasteiger partial charge in [-0.25, -0.2) is 14.2 Å². The summed E-state index contributed by atoms with van der Waals surface area (Å²) < 4.78 is 27.5. The lowest BCUT2D eigenvalue weighted by molar-refractivity contribution is 0.529. The predicted octanol–water partition coefficient (Wildman–Crippen LogP) is 2.57. The molecular formula is C12H10ClF2N3. The van der Waals surface area contributed by atoms with E-state index < -0.39 is 17.7 Å². The molecule has 0 saturated carbocycles. The Morgan fingerprint density at radius 3 is 2.67 bits per heavy atom. The van der Waals surface area contributed by atoms with Gasteiger partial charge in [-0.3, -0.25) is 10.8 Å². The summed E-state index contributed by atoms with van der Waals surface area (Å²) in [6.45, 7) is 0. The molecule has 1 heterocycles. The van der Waals surface area contributed by atoms with Crippen molar-refractivity contribution in [2.75, 3.05) is 0 Å². The fourth-order valence-electron chi connectivity index (χ4n) is 1.71. The van der Waals surface area contributed by atoms with Crippen molar-refractivity contribution in [3.05, 3.63) is 64.4 Å². The zero-order chi connectivity index (χ0) is 13.1. The van der Waals surface area contributed by atoms with Gasteiger partial charge in [0.15, 0.2) is 0 Å². The third-order valence-corrected chi connectivity index (χ3v) is 2.87. The van der Waals surface area contributed by atoms with Gasteiger partial charge in [0.25, 0.3) is 0 Å². The van der Waals surface area contributed by atoms with E-state index >= 15 is 0 Å². The monoisotopic (exact) mass is 269 g/mol. The number of rotatable bonds is 3. The minimum absolute atomic E-state index is 0.0396. The molecule has 3 N–H and O–H groups in total. The summed E-state index contributed by atoms with van der Waals surface area (Å²) in [6.07, 6.45) is 2.45. The molecule has 6 heteroatoms. The standard InChI is InChI=1S/C12H10ClF2N3/c13-9-3-1-2-8(11(9)15)12(18-16)7-4-5-17-6-10(7)14/h1-6,12,18H,16H2. The highest BCUT2D eigenvalue weighted by molar-refractivity contribution is 6.30. The van der Waals surface area contributed by atoms with Crippen molar-refractivity contribution in [3.8, 4) is 0 Å². The molecule has 0 spiro atoms. The summed E-state index contributed by atoms with van der Waals surface area (Å²) in [5.74, 6) is 4.18. The number of hydrazine groups is 1. The van der Waals surface area contributed by atoms with Gasteiger partial charge in [-0.05, 0) is 12.1 Å². The van der Waals surface area contributed by atoms with Gasteiger partial charge in [0.05, 0.1) is 17.3 Å². The Morgan fingerprint density at radius 2 is 2.00 bits per heavy atom. The minimum atomic E-state index is -0.827. The first kappa shape index (κ1) is 12.9. The Morgan fingerprint density at radius 1 is 1.22 bits per heavy atom. The maximum absolute atomic E-state index is 13.9. The van der Waals surface area contributed by atoms with Gasteiger partial charge < -0.3 is 0 Å². The number of halogens is 3. The molecule has 1 aromatic heterocycles. The highest BCUT2D eigenvalue weighted by Crippen LogP contribution is 2.28. The Labute approximate surface area is 108 Å². The molecule has 1 unspecified atom stereocenters. The number of nitrogens with one attached hydrogen (secondary N) is 1. The van der Waals surface area contributed by atoms with Crippen LogP contribution in [0.25, 0.3) is 0 Å². The van der Waals surface area contributed by atoms with Crippen molar-refractivity contribution < 1.29 is 8.78 Å². The van der Waals surface area contributed by atoms with Crippen molar-refractivity contribution in [1.29, 1.82) is 0 Å². The Hall–Kier alpha value is -1.56. The lowest BCUT2D eigenvalue weighted by Crippen LogP contribution is -2.30. The molecule has 94 valence electrons. The van der Waals surface area contributed by atoms with E-state index in [1.165, 1.54) is 24.4 Å². The Kier molecular flexibility index (Phi) is 3.86. The van der Waals surface area contributed by atoms with Crippen LogP contribution in [0, 0.1) is 11.6 Å². The molecule has 0 radical (unpaired) electrons. The van der Waals surface area contributed by atoms with Crippen LogP contribution < -0.4 is 11.3 Å². The second-order valence-corrected chi connectivity index (χ2v) is 4.05. The van der Waals surface area contributed by atoms with Gasteiger partial charge in [0.1, 0.15) is 11.6 Å². The van der Waals surface area contributed by atoms with E-state index in [4.69, 9.17) is 17.4 Å². The maximum Gasteiger partial charge on any atom is 0.146 e. The van der Waals surface area contributed by atoms with Crippen molar-refractivity contribution in [2.45, 2.75) is 6.04 Å². The maximum atomic E-state index is 13.9. The molecule has 18 heavy (non-hydrogen) atoms. The molecule has 1 aromatic carbocycles. The number of pyridine rings is 1. The summed E-state index contributed by atoms with van der Waals surface area (Å²) in [4.78, 5) is 3.63. The van der Waals surface area contributed by atoms with Crippen molar-refractivity contribution in [3.63, 3.8) is 0 Å². The predicted molar refractivity (Wildman–Crippen MR) is 64.8 cm³/mol. The molecule has 0 aliphatic heterocycles. The van der Waals surface area contributed by atoms with Crippen LogP contribution in [-0.2, 0) is 0 Å². The van der Waals surface area contributed by atoms with Crippen molar-refractivity contribution in [2.24, 2.45) is 5.84 Å². The molecule has 3 nitrogen and oxygen atoms in total. The van der Waals surface area contributed by atoms with Crippen LogP contribution in [0.4, 0.5) is 8.78 Å². The van der Waals surface area contributed by atoms with Crippen LogP contribution in [0.15, 0.2) is 36.7 Å². The Balaban J connectivity index is 2.53. The van der Waals surface area contributed by atoms with Crippen molar-refractivity contribution in [1.82, 2.24) is 10.4 Å². The zero-order valence-electron chi connectivity index (χ0n) is 9.20. The number of nitrogens with two attached hydrogens (primary N) is 1. The molecular weight excluding hydrogens is 260 g/mol. The molecule has 0 amide bonds. The zero-order valence-corrected chi connectivity index (χ0v) is 9.96. The summed E-state index contributed by atoms with van der Waals surface area (Å²) in [6, 6.07) is 5.08. The lowest BCUT2D eigenvalue weighted by Gasteiger charge is -2.18. The van der Waals surface area contributed by atoms with Crippen LogP contribution >= 0.6 is 11.6 Å². The van der Waals surface area contributed by atoms with Gasteiger partial charge in [-0.15, -0.1) is 0 Å². The second kappa shape index (κ2) is 5.39. The van der Waals surface area contributed by atoms with Gasteiger partial charge in [0.2, 0.25) is 0 Å². The molecule has 1 atom stereocenters. The highest BCUT2D eigenvalue weighted by Gasteiger charge is 2.20. The van der Waals surface area contributed by atoms with Gasteiger partial charge in [-0.2, -0.15) is 0 Å². The molecule has 0 aliphatic rings. The molecule has 0 saturated heterocycles. The van der Waals surface area contributed by atoms with E-state index in [2.05, 4.69) is 10.4 Å². The third kappa shape index (κ3) is 2.33. The minimum Gasteiger partial charge on any atom is -0.271 e. The third-order valence-electron chi connectivity index (χ3n) is 2.57. The van der Waals surface area contributed by atoms with E-state index in [1.807, 2.05) is 0 Å². The van der Waals surface area contributed by atoms with Crippen LogP contribution in [0.2, 0.25) is 5.02 Å². The molecule has 0 bridgehead atoms. The highest BCUT2D eigenvalue weighted by atomic mass is 35.5. The smallest absolute Gasteiger partial charge is 0.146 e. The number of nitrogens with zero attached hydrogens (tertiary/aromatic N) is 1. The average Bonchev–Trinajstić information content (AvgIpc) is 2.37. The molecule has 0 aliphatic carbocycles. The number of benzene rings is 1. The normalized spacial score (nSPS) is 12.4. The van der Waals surface area contributed by atoms with E-state index in [0.29, 0.717) is 0 Å². The molecule has 0 fully saturated rings. The first-order valence-electron chi connectivity index (χ1n) is 5.14. The first-order chi connectivity index (χ1) is 8.65. The van der Waals surface area contributed by atoms with Gasteiger partial charge >= 0.3 is 0 Å². The lowest BCUT2D eigenvalue weighted by atomic mass is 9.99. The first-order valence-corrected chi connectivity index (χ1v) is 5.52. The van der Waals surface area contributed by atoms with Crippen LogP contribution in [0.1, 0.15) is 17.2 Å². The largest absolute Gasteiger partial charge is 0.271 e. The van der Waals surface area contributed by atoms with Crippen LogP contribution in [0.3, 0.4) is 0 Å². The Bertz CT molecular complexity index is 563. The van der Waals surface area contributed by atoms with E-state index in [0.717, 1.165) is 6.20 Å². The number of hydrogen-bond acceptors (Lipinski definition) is 3. The fraction of sp³-hybridized carbons (Fsp3) is 0.0833. The van der Waals surface area contributed by atoms with Crippen LogP contribution in [-0.4, -0.2) is 4.98 Å². The molecule has 2 rings (SSSR count). The quantitative estimate of drug-likeness (QED) is 0.665.